The first-order chi connectivity index (χ1) is 12.2. The molecule has 6 nitrogen and oxygen atoms in total. The fraction of sp³-hybridized carbons (Fsp3) is 0.368. The van der Waals surface area contributed by atoms with Crippen LogP contribution in [-0.4, -0.2) is 29.7 Å². The maximum absolute atomic E-state index is 6.15. The number of nitrogens with zero attached hydrogens (tertiary/aromatic N) is 2. The minimum Gasteiger partial charge on any atom is -0.436 e. The zero-order valence-electron chi connectivity index (χ0n) is 14.3. The largest absolute Gasteiger partial charge is 0.436 e. The minimum atomic E-state index is 0.405. The van der Waals surface area contributed by atoms with Gasteiger partial charge in [0.25, 0.3) is 0 Å². The van der Waals surface area contributed by atoms with Gasteiger partial charge in [0.15, 0.2) is 5.58 Å². The monoisotopic (exact) mass is 338 g/mol. The lowest BCUT2D eigenvalue weighted by molar-refractivity contribution is 0.0699. The van der Waals surface area contributed by atoms with Crippen LogP contribution >= 0.6 is 0 Å². The molecular formula is C19H22N4O2. The van der Waals surface area contributed by atoms with Crippen LogP contribution in [0.25, 0.3) is 22.2 Å². The molecule has 1 aliphatic heterocycles. The van der Waals surface area contributed by atoms with Crippen molar-refractivity contribution < 1.29 is 9.15 Å². The van der Waals surface area contributed by atoms with Gasteiger partial charge in [-0.2, -0.15) is 0 Å². The van der Waals surface area contributed by atoms with Crippen molar-refractivity contribution in [1.82, 2.24) is 9.97 Å². The highest BCUT2D eigenvalue weighted by Gasteiger charge is 2.19. The number of ether oxygens (including phenoxy) is 1. The van der Waals surface area contributed by atoms with Crippen molar-refractivity contribution in [2.24, 2.45) is 5.92 Å². The molecule has 0 aromatic carbocycles. The number of hydrogen-bond acceptors (Lipinski definition) is 6. The number of rotatable bonds is 4. The summed E-state index contributed by atoms with van der Waals surface area (Å²) in [4.78, 5) is 8.74. The van der Waals surface area contributed by atoms with E-state index in [0.29, 0.717) is 17.4 Å². The topological polar surface area (TPSA) is 86.2 Å². The maximum Gasteiger partial charge on any atom is 0.215 e. The zero-order valence-corrected chi connectivity index (χ0v) is 14.3. The van der Waals surface area contributed by atoms with E-state index < -0.39 is 0 Å². The lowest BCUT2D eigenvalue weighted by Gasteiger charge is -2.22. The molecule has 0 aliphatic carbocycles. The van der Waals surface area contributed by atoms with E-state index in [2.05, 4.69) is 15.3 Å². The molecule has 0 radical (unpaired) electrons. The number of pyridine rings is 2. The fourth-order valence-electron chi connectivity index (χ4n) is 3.32. The summed E-state index contributed by atoms with van der Waals surface area (Å²) in [6.45, 7) is 4.50. The van der Waals surface area contributed by atoms with Gasteiger partial charge < -0.3 is 20.2 Å². The van der Waals surface area contributed by atoms with Gasteiger partial charge in [-0.1, -0.05) is 0 Å². The average molecular weight is 338 g/mol. The fourth-order valence-corrected chi connectivity index (χ4v) is 3.32. The first-order valence-electron chi connectivity index (χ1n) is 8.64. The van der Waals surface area contributed by atoms with E-state index in [4.69, 9.17) is 14.9 Å². The van der Waals surface area contributed by atoms with E-state index >= 15 is 0 Å². The number of nitrogen functional groups attached to an aromatic ring is 1. The molecule has 0 saturated carbocycles. The van der Waals surface area contributed by atoms with Crippen LogP contribution in [-0.2, 0) is 4.74 Å². The number of fused-ring (bicyclic) bond motifs is 1. The second kappa shape index (κ2) is 6.72. The molecule has 0 atom stereocenters. The Balaban J connectivity index is 1.67. The van der Waals surface area contributed by atoms with Crippen molar-refractivity contribution >= 4 is 22.5 Å². The van der Waals surface area contributed by atoms with Gasteiger partial charge in [-0.15, -0.1) is 0 Å². The Hall–Kier alpha value is -2.60. The number of nitrogens with two attached hydrogens (primary N) is 1. The Bertz CT molecular complexity index is 884. The van der Waals surface area contributed by atoms with Crippen molar-refractivity contribution in [3.8, 4) is 11.3 Å². The quantitative estimate of drug-likeness (QED) is 0.755. The Kier molecular flexibility index (Phi) is 4.28. The first-order valence-corrected chi connectivity index (χ1v) is 8.64. The predicted octanol–water partition coefficient (Wildman–Crippen LogP) is 3.62. The van der Waals surface area contributed by atoms with Gasteiger partial charge in [-0.25, -0.2) is 0 Å². The van der Waals surface area contributed by atoms with Gasteiger partial charge >= 0.3 is 0 Å². The Labute approximate surface area is 146 Å². The second-order valence-electron chi connectivity index (χ2n) is 6.50. The molecule has 4 heterocycles. The first kappa shape index (κ1) is 15.9. The van der Waals surface area contributed by atoms with E-state index in [9.17, 15) is 0 Å². The summed E-state index contributed by atoms with van der Waals surface area (Å²) < 4.78 is 11.3. The van der Waals surface area contributed by atoms with Crippen molar-refractivity contribution in [3.63, 3.8) is 0 Å². The van der Waals surface area contributed by atoms with Gasteiger partial charge in [0.1, 0.15) is 11.4 Å². The van der Waals surface area contributed by atoms with Crippen molar-refractivity contribution in [1.29, 1.82) is 0 Å². The van der Waals surface area contributed by atoms with E-state index in [1.165, 1.54) is 0 Å². The Morgan fingerprint density at radius 3 is 2.80 bits per heavy atom. The van der Waals surface area contributed by atoms with Crippen LogP contribution in [0.3, 0.4) is 0 Å². The summed E-state index contributed by atoms with van der Waals surface area (Å²) >= 11 is 0. The van der Waals surface area contributed by atoms with Gasteiger partial charge in [0.05, 0.1) is 0 Å². The molecule has 1 aliphatic rings. The summed E-state index contributed by atoms with van der Waals surface area (Å²) in [5, 5.41) is 4.44. The number of nitrogens with one attached hydrogen (secondary N) is 1. The van der Waals surface area contributed by atoms with Gasteiger partial charge in [-0.3, -0.25) is 9.97 Å². The molecule has 1 fully saturated rings. The van der Waals surface area contributed by atoms with Crippen LogP contribution in [0, 0.1) is 12.8 Å². The van der Waals surface area contributed by atoms with Crippen LogP contribution in [0.2, 0.25) is 0 Å². The molecule has 0 spiro atoms. The standard InChI is InChI=1S/C19H22N4O2/c1-12-10-14(2-6-21-12)16-18-15(3-7-22-16)17(19(20)25-18)23-11-13-4-8-24-9-5-13/h2-3,6-7,10,13,23H,4-5,8-9,11,20H2,1H3. The molecular weight excluding hydrogens is 316 g/mol. The molecule has 0 amide bonds. The van der Waals surface area contributed by atoms with Gasteiger partial charge in [-0.05, 0) is 43.9 Å². The van der Waals surface area contributed by atoms with E-state index in [0.717, 1.165) is 60.6 Å². The molecule has 1 saturated heterocycles. The highest BCUT2D eigenvalue weighted by molar-refractivity contribution is 6.02. The third-order valence-corrected chi connectivity index (χ3v) is 4.71. The van der Waals surface area contributed by atoms with E-state index in [-0.39, 0.29) is 0 Å². The highest BCUT2D eigenvalue weighted by Crippen LogP contribution is 2.37. The lowest BCUT2D eigenvalue weighted by atomic mass is 10.0. The van der Waals surface area contributed by atoms with Gasteiger partial charge in [0.2, 0.25) is 5.88 Å². The molecule has 6 heteroatoms. The predicted molar refractivity (Wildman–Crippen MR) is 98.4 cm³/mol. The summed E-state index contributed by atoms with van der Waals surface area (Å²) in [5.41, 5.74) is 10.4. The van der Waals surface area contributed by atoms with Crippen LogP contribution in [0.15, 0.2) is 35.0 Å². The van der Waals surface area contributed by atoms with E-state index in [1.54, 1.807) is 12.4 Å². The number of aryl methyl sites for hydroxylation is 1. The molecule has 130 valence electrons. The third kappa shape index (κ3) is 3.17. The minimum absolute atomic E-state index is 0.405. The summed E-state index contributed by atoms with van der Waals surface area (Å²) in [6, 6.07) is 5.87. The molecule has 25 heavy (non-hydrogen) atoms. The second-order valence-corrected chi connectivity index (χ2v) is 6.50. The van der Waals surface area contributed by atoms with Crippen molar-refractivity contribution in [2.45, 2.75) is 19.8 Å². The van der Waals surface area contributed by atoms with Crippen LogP contribution in [0.4, 0.5) is 11.6 Å². The number of aromatic nitrogens is 2. The molecule has 0 unspecified atom stereocenters. The maximum atomic E-state index is 6.15. The zero-order chi connectivity index (χ0) is 17.2. The summed E-state index contributed by atoms with van der Waals surface area (Å²) in [7, 11) is 0. The normalized spacial score (nSPS) is 15.6. The van der Waals surface area contributed by atoms with Crippen LogP contribution in [0.1, 0.15) is 18.5 Å². The highest BCUT2D eigenvalue weighted by atomic mass is 16.5. The van der Waals surface area contributed by atoms with Crippen molar-refractivity contribution in [3.05, 3.63) is 36.3 Å². The smallest absolute Gasteiger partial charge is 0.215 e. The van der Waals surface area contributed by atoms with Crippen molar-refractivity contribution in [2.75, 3.05) is 30.8 Å². The Morgan fingerprint density at radius 2 is 2.00 bits per heavy atom. The summed E-state index contributed by atoms with van der Waals surface area (Å²) in [6.07, 6.45) is 5.72. The SMILES string of the molecule is Cc1cc(-c2nccc3c(NCC4CCOCC4)c(N)oc23)ccn1. The number of anilines is 2. The Morgan fingerprint density at radius 1 is 1.20 bits per heavy atom. The van der Waals surface area contributed by atoms with Crippen LogP contribution in [0.5, 0.6) is 0 Å². The molecule has 3 N–H and O–H groups in total. The molecule has 3 aromatic rings. The third-order valence-electron chi connectivity index (χ3n) is 4.71. The lowest BCUT2D eigenvalue weighted by Crippen LogP contribution is -2.22. The van der Waals surface area contributed by atoms with Crippen LogP contribution < -0.4 is 11.1 Å². The molecule has 0 bridgehead atoms. The average Bonchev–Trinajstić information content (AvgIpc) is 2.96. The summed E-state index contributed by atoms with van der Waals surface area (Å²) in [5.74, 6) is 1.00. The number of hydrogen-bond donors (Lipinski definition) is 2. The van der Waals surface area contributed by atoms with Gasteiger partial charge in [0, 0.05) is 48.8 Å². The molecule has 4 rings (SSSR count). The van der Waals surface area contributed by atoms with E-state index in [1.807, 2.05) is 25.1 Å². The number of furan rings is 1. The molecule has 3 aromatic heterocycles.